The second-order valence-electron chi connectivity index (χ2n) is 5.07. The van der Waals surface area contributed by atoms with Gasteiger partial charge in [-0.25, -0.2) is 4.98 Å². The maximum Gasteiger partial charge on any atom is 0.257 e. The van der Waals surface area contributed by atoms with Gasteiger partial charge >= 0.3 is 0 Å². The van der Waals surface area contributed by atoms with E-state index in [0.717, 1.165) is 0 Å². The first-order chi connectivity index (χ1) is 11.0. The minimum Gasteiger partial charge on any atom is -0.508 e. The lowest BCUT2D eigenvalue weighted by atomic mass is 9.86. The van der Waals surface area contributed by atoms with Crippen molar-refractivity contribution in [3.05, 3.63) is 39.7 Å². The van der Waals surface area contributed by atoms with Crippen LogP contribution in [0.1, 0.15) is 23.5 Å². The van der Waals surface area contributed by atoms with E-state index in [0.29, 0.717) is 22.0 Å². The van der Waals surface area contributed by atoms with Crippen molar-refractivity contribution in [1.29, 1.82) is 0 Å². The molecule has 1 aromatic heterocycles. The van der Waals surface area contributed by atoms with Crippen molar-refractivity contribution in [2.45, 2.75) is 17.5 Å². The third kappa shape index (κ3) is 2.77. The topological polar surface area (TPSA) is 104 Å². The molecular weight excluding hydrogens is 318 g/mol. The van der Waals surface area contributed by atoms with Crippen LogP contribution in [0.15, 0.2) is 28.2 Å². The Morgan fingerprint density at radius 3 is 2.83 bits per heavy atom. The number of phenolic OH excluding ortho intramolecular Hbond substituents is 1. The number of nitrogens with zero attached hydrogens (tertiary/aromatic N) is 1. The number of carbonyl (C=O) groups is 1. The predicted octanol–water partition coefficient (Wildman–Crippen LogP) is 1.68. The summed E-state index contributed by atoms with van der Waals surface area (Å²) in [6.45, 7) is 0. The number of benzene rings is 1. The number of amides is 1. The second kappa shape index (κ2) is 5.96. The molecule has 0 aliphatic carbocycles. The fraction of sp³-hybridized carbons (Fsp3) is 0.267. The highest BCUT2D eigenvalue weighted by Crippen LogP contribution is 2.39. The number of nitrogens with one attached hydrogen (secondary N) is 2. The first-order valence-corrected chi connectivity index (χ1v) is 8.11. The number of hydrogen-bond donors (Lipinski definition) is 3. The smallest absolute Gasteiger partial charge is 0.257 e. The van der Waals surface area contributed by atoms with Crippen LogP contribution < -0.4 is 15.6 Å². The Kier molecular flexibility index (Phi) is 3.99. The van der Waals surface area contributed by atoms with Crippen LogP contribution in [-0.2, 0) is 4.79 Å². The summed E-state index contributed by atoms with van der Waals surface area (Å²) in [6.07, 6.45) is 1.85. The number of fused-ring (bicyclic) bond motifs is 1. The quantitative estimate of drug-likeness (QED) is 0.583. The molecule has 8 heteroatoms. The Bertz CT molecular complexity index is 834. The summed E-state index contributed by atoms with van der Waals surface area (Å²) >= 11 is 1.28. The number of hydrogen-bond acceptors (Lipinski definition) is 6. The SMILES string of the molecule is COc1ccc(C2CC(=O)Nc3nc(SC)[nH]c(=O)c32)c(O)c1. The van der Waals surface area contributed by atoms with E-state index in [1.807, 2.05) is 0 Å². The number of aromatic hydroxyl groups is 1. The van der Waals surface area contributed by atoms with Gasteiger partial charge in [-0.15, -0.1) is 0 Å². The van der Waals surface area contributed by atoms with Crippen LogP contribution in [0.5, 0.6) is 11.5 Å². The zero-order valence-electron chi connectivity index (χ0n) is 12.5. The lowest BCUT2D eigenvalue weighted by Crippen LogP contribution is -2.31. The number of thioether (sulfide) groups is 1. The lowest BCUT2D eigenvalue weighted by Gasteiger charge is -2.25. The lowest BCUT2D eigenvalue weighted by molar-refractivity contribution is -0.116. The summed E-state index contributed by atoms with van der Waals surface area (Å²) < 4.78 is 5.06. The largest absolute Gasteiger partial charge is 0.508 e. The number of aromatic amines is 1. The molecule has 1 unspecified atom stereocenters. The molecule has 0 spiro atoms. The number of phenols is 1. The van der Waals surface area contributed by atoms with Gasteiger partial charge in [0.05, 0.1) is 12.7 Å². The molecule has 1 atom stereocenters. The molecule has 120 valence electrons. The monoisotopic (exact) mass is 333 g/mol. The molecule has 0 saturated heterocycles. The molecule has 3 N–H and O–H groups in total. The first kappa shape index (κ1) is 15.4. The zero-order chi connectivity index (χ0) is 16.6. The van der Waals surface area contributed by atoms with Gasteiger partial charge in [-0.05, 0) is 12.3 Å². The van der Waals surface area contributed by atoms with Gasteiger partial charge in [0, 0.05) is 24.0 Å². The van der Waals surface area contributed by atoms with Gasteiger partial charge in [-0.3, -0.25) is 9.59 Å². The highest BCUT2D eigenvalue weighted by Gasteiger charge is 2.32. The average molecular weight is 333 g/mol. The summed E-state index contributed by atoms with van der Waals surface area (Å²) in [4.78, 5) is 31.3. The maximum absolute atomic E-state index is 12.4. The molecule has 1 aromatic carbocycles. The fourth-order valence-corrected chi connectivity index (χ4v) is 3.04. The number of anilines is 1. The number of carbonyl (C=O) groups excluding carboxylic acids is 1. The molecule has 3 rings (SSSR count). The van der Waals surface area contributed by atoms with Crippen LogP contribution in [0, 0.1) is 0 Å². The van der Waals surface area contributed by atoms with Crippen molar-refractivity contribution < 1.29 is 14.6 Å². The fourth-order valence-electron chi connectivity index (χ4n) is 2.66. The van der Waals surface area contributed by atoms with Crippen molar-refractivity contribution in [3.8, 4) is 11.5 Å². The van der Waals surface area contributed by atoms with E-state index in [4.69, 9.17) is 4.74 Å². The Hall–Kier alpha value is -2.48. The highest BCUT2D eigenvalue weighted by atomic mass is 32.2. The number of methoxy groups -OCH3 is 1. The number of ether oxygens (including phenoxy) is 1. The van der Waals surface area contributed by atoms with Crippen molar-refractivity contribution in [1.82, 2.24) is 9.97 Å². The summed E-state index contributed by atoms with van der Waals surface area (Å²) in [5.41, 5.74) is 0.522. The molecule has 0 radical (unpaired) electrons. The van der Waals surface area contributed by atoms with E-state index in [2.05, 4.69) is 15.3 Å². The van der Waals surface area contributed by atoms with Crippen molar-refractivity contribution in [3.63, 3.8) is 0 Å². The predicted molar refractivity (Wildman–Crippen MR) is 86.4 cm³/mol. The molecule has 2 heterocycles. The zero-order valence-corrected chi connectivity index (χ0v) is 13.4. The number of H-pyrrole nitrogens is 1. The Balaban J connectivity index is 2.16. The first-order valence-electron chi connectivity index (χ1n) is 6.88. The van der Waals surface area contributed by atoms with Crippen LogP contribution in [0.2, 0.25) is 0 Å². The van der Waals surface area contributed by atoms with Crippen LogP contribution >= 0.6 is 11.8 Å². The summed E-state index contributed by atoms with van der Waals surface area (Å²) in [5, 5.41) is 13.3. The average Bonchev–Trinajstić information content (AvgIpc) is 2.53. The standard InChI is InChI=1S/C15H15N3O4S/c1-22-7-3-4-8(10(19)5-7)9-6-11(20)16-13-12(9)14(21)18-15(17-13)23-2/h3-5,9,19H,6H2,1-2H3,(H2,16,17,18,20,21). The molecular formula is C15H15N3O4S. The van der Waals surface area contributed by atoms with E-state index < -0.39 is 5.92 Å². The minimum atomic E-state index is -0.559. The number of aromatic nitrogens is 2. The summed E-state index contributed by atoms with van der Waals surface area (Å²) in [6, 6.07) is 4.79. The second-order valence-corrected chi connectivity index (χ2v) is 5.86. The Morgan fingerprint density at radius 2 is 2.17 bits per heavy atom. The normalized spacial score (nSPS) is 16.6. The molecule has 2 aromatic rings. The molecule has 1 amide bonds. The molecule has 23 heavy (non-hydrogen) atoms. The third-order valence-electron chi connectivity index (χ3n) is 3.74. The van der Waals surface area contributed by atoms with Crippen molar-refractivity contribution in [2.75, 3.05) is 18.7 Å². The van der Waals surface area contributed by atoms with E-state index >= 15 is 0 Å². The van der Waals surface area contributed by atoms with E-state index in [1.54, 1.807) is 18.4 Å². The molecule has 7 nitrogen and oxygen atoms in total. The van der Waals surface area contributed by atoms with Crippen LogP contribution in [0.25, 0.3) is 0 Å². The van der Waals surface area contributed by atoms with E-state index in [9.17, 15) is 14.7 Å². The van der Waals surface area contributed by atoms with Crippen LogP contribution in [-0.4, -0.2) is 34.3 Å². The summed E-state index contributed by atoms with van der Waals surface area (Å²) in [5.74, 6) is -0.0888. The van der Waals surface area contributed by atoms with Crippen LogP contribution in [0.4, 0.5) is 5.82 Å². The Labute approximate surface area is 136 Å². The van der Waals surface area contributed by atoms with Gasteiger partial charge in [0.1, 0.15) is 17.3 Å². The number of rotatable bonds is 3. The van der Waals surface area contributed by atoms with Gasteiger partial charge < -0.3 is 20.1 Å². The molecule has 0 bridgehead atoms. The summed E-state index contributed by atoms with van der Waals surface area (Å²) in [7, 11) is 1.50. The van der Waals surface area contributed by atoms with Gasteiger partial charge in [0.2, 0.25) is 5.91 Å². The van der Waals surface area contributed by atoms with Gasteiger partial charge in [-0.1, -0.05) is 17.8 Å². The van der Waals surface area contributed by atoms with Gasteiger partial charge in [0.15, 0.2) is 5.16 Å². The van der Waals surface area contributed by atoms with E-state index in [1.165, 1.54) is 24.9 Å². The molecule has 1 aliphatic rings. The van der Waals surface area contributed by atoms with Crippen molar-refractivity contribution >= 4 is 23.5 Å². The van der Waals surface area contributed by atoms with Crippen molar-refractivity contribution in [2.24, 2.45) is 0 Å². The minimum absolute atomic E-state index is 0.0247. The third-order valence-corrected chi connectivity index (χ3v) is 4.32. The van der Waals surface area contributed by atoms with Gasteiger partial charge in [-0.2, -0.15) is 0 Å². The highest BCUT2D eigenvalue weighted by molar-refractivity contribution is 7.98. The molecule has 0 fully saturated rings. The van der Waals surface area contributed by atoms with Gasteiger partial charge in [0.25, 0.3) is 5.56 Å². The Morgan fingerprint density at radius 1 is 1.39 bits per heavy atom. The molecule has 0 saturated carbocycles. The van der Waals surface area contributed by atoms with E-state index in [-0.39, 0.29) is 29.5 Å². The van der Waals surface area contributed by atoms with Crippen LogP contribution in [0.3, 0.4) is 0 Å². The molecule has 1 aliphatic heterocycles. The maximum atomic E-state index is 12.4.